The van der Waals surface area contributed by atoms with E-state index in [9.17, 15) is 9.59 Å². The van der Waals surface area contributed by atoms with Crippen molar-refractivity contribution in [1.82, 2.24) is 4.98 Å². The molecule has 0 atom stereocenters. The van der Waals surface area contributed by atoms with Crippen molar-refractivity contribution in [2.45, 2.75) is 6.92 Å². The summed E-state index contributed by atoms with van der Waals surface area (Å²) in [5, 5.41) is 8.88. The lowest BCUT2D eigenvalue weighted by atomic mass is 10.1. The summed E-state index contributed by atoms with van der Waals surface area (Å²) in [5.41, 5.74) is -0.572. The van der Waals surface area contributed by atoms with Crippen LogP contribution < -0.4 is 0 Å². The van der Waals surface area contributed by atoms with Crippen molar-refractivity contribution < 1.29 is 19.4 Å². The zero-order valence-corrected chi connectivity index (χ0v) is 10.8. The smallest absolute Gasteiger partial charge is 0.345 e. The van der Waals surface area contributed by atoms with Crippen molar-refractivity contribution in [3.63, 3.8) is 0 Å². The number of ether oxygens (including phenoxy) is 1. The number of carbonyl (C=O) groups excluding carboxylic acids is 2. The molecule has 0 aliphatic heterocycles. The summed E-state index contributed by atoms with van der Waals surface area (Å²) in [6, 6.07) is 2.66. The maximum absolute atomic E-state index is 11.9. The first kappa shape index (κ1) is 14.5. The predicted octanol–water partition coefficient (Wildman–Crippen LogP) is 2.58. The SMILES string of the molecule is CCOC(=O)/C(=C\O)C(=O)c1ccc(Cl)nc1Cl. The van der Waals surface area contributed by atoms with Crippen molar-refractivity contribution in [3.8, 4) is 0 Å². The van der Waals surface area contributed by atoms with E-state index in [1.165, 1.54) is 12.1 Å². The van der Waals surface area contributed by atoms with Gasteiger partial charge in [0, 0.05) is 0 Å². The van der Waals surface area contributed by atoms with Gasteiger partial charge in [-0.05, 0) is 19.1 Å². The highest BCUT2D eigenvalue weighted by atomic mass is 35.5. The second kappa shape index (κ2) is 6.37. The fourth-order valence-electron chi connectivity index (χ4n) is 1.14. The summed E-state index contributed by atoms with van der Waals surface area (Å²) in [6.07, 6.45) is 0.380. The lowest BCUT2D eigenvalue weighted by Gasteiger charge is -2.06. The first-order valence-electron chi connectivity index (χ1n) is 4.89. The first-order valence-corrected chi connectivity index (χ1v) is 5.65. The van der Waals surface area contributed by atoms with E-state index in [0.29, 0.717) is 6.26 Å². The number of Topliss-reactive ketones (excluding diaryl/α,β-unsaturated/α-hetero) is 1. The van der Waals surface area contributed by atoms with Crippen LogP contribution >= 0.6 is 23.2 Å². The standard InChI is InChI=1S/C11H9Cl2NO4/c1-2-18-11(17)7(5-15)9(16)6-3-4-8(12)14-10(6)13/h3-5,15H,2H2,1H3/b7-5-. The zero-order chi connectivity index (χ0) is 13.7. The van der Waals surface area contributed by atoms with Gasteiger partial charge in [-0.1, -0.05) is 23.2 Å². The number of nitrogens with zero attached hydrogens (tertiary/aromatic N) is 1. The van der Waals surface area contributed by atoms with Crippen LogP contribution in [0.15, 0.2) is 24.0 Å². The molecule has 1 aromatic heterocycles. The molecule has 0 saturated carbocycles. The quantitative estimate of drug-likeness (QED) is 0.175. The van der Waals surface area contributed by atoms with Gasteiger partial charge < -0.3 is 9.84 Å². The second-order valence-electron chi connectivity index (χ2n) is 3.06. The topological polar surface area (TPSA) is 76.5 Å². The molecule has 1 N–H and O–H groups in total. The van der Waals surface area contributed by atoms with Crippen LogP contribution in [0.5, 0.6) is 0 Å². The molecule has 0 spiro atoms. The van der Waals surface area contributed by atoms with Crippen molar-refractivity contribution in [2.24, 2.45) is 0 Å². The van der Waals surface area contributed by atoms with Crippen LogP contribution in [0.3, 0.4) is 0 Å². The van der Waals surface area contributed by atoms with Gasteiger partial charge in [0.15, 0.2) is 0 Å². The van der Waals surface area contributed by atoms with Gasteiger partial charge in [-0.2, -0.15) is 0 Å². The Hall–Kier alpha value is -1.59. The molecule has 7 heteroatoms. The summed E-state index contributed by atoms with van der Waals surface area (Å²) in [6.45, 7) is 1.66. The molecule has 1 rings (SSSR count). The van der Waals surface area contributed by atoms with E-state index in [4.69, 9.17) is 28.3 Å². The fraction of sp³-hybridized carbons (Fsp3) is 0.182. The summed E-state index contributed by atoms with van der Waals surface area (Å²) in [7, 11) is 0. The number of aliphatic hydroxyl groups is 1. The third-order valence-corrected chi connectivity index (χ3v) is 2.43. The molecule has 0 fully saturated rings. The van der Waals surface area contributed by atoms with Crippen LogP contribution in [-0.2, 0) is 9.53 Å². The van der Waals surface area contributed by atoms with Crippen LogP contribution in [0.1, 0.15) is 17.3 Å². The molecule has 0 aliphatic carbocycles. The van der Waals surface area contributed by atoms with Gasteiger partial charge in [0.05, 0.1) is 18.4 Å². The molecule has 0 unspecified atom stereocenters. The van der Waals surface area contributed by atoms with Crippen molar-refractivity contribution in [2.75, 3.05) is 6.61 Å². The van der Waals surface area contributed by atoms with Gasteiger partial charge in [0.25, 0.3) is 0 Å². The van der Waals surface area contributed by atoms with Gasteiger partial charge in [-0.15, -0.1) is 0 Å². The minimum Gasteiger partial charge on any atom is -0.515 e. The number of carbonyl (C=O) groups is 2. The Labute approximate surface area is 113 Å². The molecule has 1 heterocycles. The molecule has 0 radical (unpaired) electrons. The fourth-order valence-corrected chi connectivity index (χ4v) is 1.57. The highest BCUT2D eigenvalue weighted by molar-refractivity contribution is 6.37. The van der Waals surface area contributed by atoms with E-state index < -0.39 is 17.3 Å². The average Bonchev–Trinajstić information content (AvgIpc) is 2.29. The number of aliphatic hydroxyl groups excluding tert-OH is 1. The van der Waals surface area contributed by atoms with Crippen LogP contribution in [0.25, 0.3) is 0 Å². The predicted molar refractivity (Wildman–Crippen MR) is 65.9 cm³/mol. The number of hydrogen-bond acceptors (Lipinski definition) is 5. The Kier molecular flexibility index (Phi) is 5.12. The monoisotopic (exact) mass is 289 g/mol. The third kappa shape index (κ3) is 3.21. The van der Waals surface area contributed by atoms with E-state index in [-0.39, 0.29) is 22.5 Å². The van der Waals surface area contributed by atoms with Crippen LogP contribution in [0.4, 0.5) is 0 Å². The van der Waals surface area contributed by atoms with Crippen molar-refractivity contribution in [3.05, 3.63) is 39.8 Å². The minimum atomic E-state index is -0.934. The molecule has 96 valence electrons. The van der Waals surface area contributed by atoms with E-state index in [2.05, 4.69) is 9.72 Å². The molecule has 0 saturated heterocycles. The number of esters is 1. The van der Waals surface area contributed by atoms with Crippen LogP contribution in [-0.4, -0.2) is 28.4 Å². The lowest BCUT2D eigenvalue weighted by Crippen LogP contribution is -2.17. The van der Waals surface area contributed by atoms with Crippen LogP contribution in [0.2, 0.25) is 10.3 Å². The third-order valence-electron chi connectivity index (χ3n) is 1.93. The molecule has 5 nitrogen and oxygen atoms in total. The molecule has 0 aromatic carbocycles. The summed E-state index contributed by atoms with van der Waals surface area (Å²) in [5.74, 6) is -1.72. The van der Waals surface area contributed by atoms with E-state index in [0.717, 1.165) is 0 Å². The Balaban J connectivity index is 3.09. The number of pyridine rings is 1. The average molecular weight is 290 g/mol. The summed E-state index contributed by atoms with van der Waals surface area (Å²) in [4.78, 5) is 27.0. The summed E-state index contributed by atoms with van der Waals surface area (Å²) < 4.78 is 4.62. The number of rotatable bonds is 4. The maximum Gasteiger partial charge on any atom is 0.345 e. The van der Waals surface area contributed by atoms with E-state index in [1.54, 1.807) is 6.92 Å². The largest absolute Gasteiger partial charge is 0.515 e. The number of aromatic nitrogens is 1. The van der Waals surface area contributed by atoms with E-state index >= 15 is 0 Å². The van der Waals surface area contributed by atoms with Gasteiger partial charge in [-0.3, -0.25) is 4.79 Å². The van der Waals surface area contributed by atoms with Crippen molar-refractivity contribution in [1.29, 1.82) is 0 Å². The molecule has 18 heavy (non-hydrogen) atoms. The minimum absolute atomic E-state index is 0.0468. The number of ketones is 1. The Morgan fingerprint density at radius 2 is 2.11 bits per heavy atom. The normalized spacial score (nSPS) is 11.2. The van der Waals surface area contributed by atoms with Gasteiger partial charge in [-0.25, -0.2) is 9.78 Å². The highest BCUT2D eigenvalue weighted by Gasteiger charge is 2.24. The Morgan fingerprint density at radius 1 is 1.44 bits per heavy atom. The van der Waals surface area contributed by atoms with Gasteiger partial charge in [0.2, 0.25) is 5.78 Å². The number of halogens is 2. The molecule has 0 amide bonds. The lowest BCUT2D eigenvalue weighted by molar-refractivity contribution is -0.138. The van der Waals surface area contributed by atoms with Gasteiger partial charge >= 0.3 is 5.97 Å². The zero-order valence-electron chi connectivity index (χ0n) is 9.31. The van der Waals surface area contributed by atoms with E-state index in [1.807, 2.05) is 0 Å². The molecule has 0 aliphatic rings. The highest BCUT2D eigenvalue weighted by Crippen LogP contribution is 2.20. The van der Waals surface area contributed by atoms with Crippen LogP contribution in [0, 0.1) is 0 Å². The maximum atomic E-state index is 11.9. The molecular formula is C11H9Cl2NO4. The molecular weight excluding hydrogens is 281 g/mol. The second-order valence-corrected chi connectivity index (χ2v) is 3.81. The summed E-state index contributed by atoms with van der Waals surface area (Å²) >= 11 is 11.3. The van der Waals surface area contributed by atoms with Crippen molar-refractivity contribution >= 4 is 35.0 Å². The first-order chi connectivity index (χ1) is 8.51. The Morgan fingerprint density at radius 3 is 2.61 bits per heavy atom. The Bertz CT molecular complexity index is 514. The van der Waals surface area contributed by atoms with Gasteiger partial charge in [0.1, 0.15) is 15.9 Å². The molecule has 0 bridgehead atoms. The molecule has 1 aromatic rings. The number of hydrogen-bond donors (Lipinski definition) is 1.